The lowest BCUT2D eigenvalue weighted by Gasteiger charge is -2.26. The van der Waals surface area contributed by atoms with E-state index in [-0.39, 0.29) is 17.5 Å². The molecule has 2 aromatic rings. The Morgan fingerprint density at radius 2 is 2.16 bits per heavy atom. The second kappa shape index (κ2) is 7.02. The summed E-state index contributed by atoms with van der Waals surface area (Å²) in [6.07, 6.45) is 1.56. The van der Waals surface area contributed by atoms with Gasteiger partial charge in [0.15, 0.2) is 5.69 Å². The van der Waals surface area contributed by atoms with E-state index in [2.05, 4.69) is 10.3 Å². The van der Waals surface area contributed by atoms with Crippen molar-refractivity contribution in [3.05, 3.63) is 45.4 Å². The quantitative estimate of drug-likeness (QED) is 0.847. The fourth-order valence-corrected chi connectivity index (χ4v) is 3.48. The summed E-state index contributed by atoms with van der Waals surface area (Å²) in [5, 5.41) is 13.8. The molecule has 1 aliphatic heterocycles. The molecule has 2 N–H and O–H groups in total. The van der Waals surface area contributed by atoms with Gasteiger partial charge in [0.05, 0.1) is 5.01 Å². The molecule has 0 fully saturated rings. The molecule has 1 aromatic heterocycles. The maximum atomic E-state index is 12.3. The molecule has 0 atom stereocenters. The molecule has 0 aliphatic carbocycles. The van der Waals surface area contributed by atoms with Crippen molar-refractivity contribution in [2.45, 2.75) is 19.3 Å². The first kappa shape index (κ1) is 17.1. The summed E-state index contributed by atoms with van der Waals surface area (Å²) in [6.45, 7) is 0.376. The zero-order chi connectivity index (χ0) is 18.0. The zero-order valence-electron chi connectivity index (χ0n) is 13.6. The minimum absolute atomic E-state index is 0.0275. The molecule has 0 bridgehead atoms. The maximum Gasteiger partial charge on any atom is 0.355 e. The van der Waals surface area contributed by atoms with Gasteiger partial charge in [-0.3, -0.25) is 9.59 Å². The third-order valence-electron chi connectivity index (χ3n) is 4.08. The summed E-state index contributed by atoms with van der Waals surface area (Å²) in [7, 11) is 1.74. The highest BCUT2D eigenvalue weighted by Gasteiger charge is 2.21. The smallest absolute Gasteiger partial charge is 0.355 e. The number of amides is 2. The Morgan fingerprint density at radius 3 is 2.88 bits per heavy atom. The average molecular weight is 359 g/mol. The van der Waals surface area contributed by atoms with Gasteiger partial charge in [-0.1, -0.05) is 0 Å². The number of hydrogen-bond donors (Lipinski definition) is 2. The molecule has 130 valence electrons. The SMILES string of the molecule is CN1C(=O)CCc2cc(C(=O)NCCc3nc(C(=O)O)cs3)ccc21. The van der Waals surface area contributed by atoms with Crippen molar-refractivity contribution in [3.8, 4) is 0 Å². The van der Waals surface area contributed by atoms with Crippen LogP contribution in [0.2, 0.25) is 0 Å². The van der Waals surface area contributed by atoms with Crippen LogP contribution in [0.5, 0.6) is 0 Å². The number of hydrogen-bond acceptors (Lipinski definition) is 5. The molecular formula is C17H17N3O4S. The number of thiazole rings is 1. The van der Waals surface area contributed by atoms with Gasteiger partial charge in [-0.25, -0.2) is 9.78 Å². The molecule has 0 saturated carbocycles. The number of aromatic nitrogens is 1. The van der Waals surface area contributed by atoms with Crippen LogP contribution in [0.4, 0.5) is 5.69 Å². The van der Waals surface area contributed by atoms with Crippen LogP contribution in [0, 0.1) is 0 Å². The number of carboxylic acids is 1. The van der Waals surface area contributed by atoms with E-state index >= 15 is 0 Å². The lowest BCUT2D eigenvalue weighted by molar-refractivity contribution is -0.118. The fraction of sp³-hybridized carbons (Fsp3) is 0.294. The Kier molecular flexibility index (Phi) is 4.80. The molecule has 0 radical (unpaired) electrons. The van der Waals surface area contributed by atoms with Gasteiger partial charge in [0, 0.05) is 43.1 Å². The first-order valence-corrected chi connectivity index (χ1v) is 8.69. The van der Waals surface area contributed by atoms with Crippen molar-refractivity contribution >= 4 is 34.8 Å². The Balaban J connectivity index is 1.60. The lowest BCUT2D eigenvalue weighted by atomic mass is 9.99. The van der Waals surface area contributed by atoms with Crippen LogP contribution in [-0.2, 0) is 17.6 Å². The molecule has 2 amide bonds. The second-order valence-corrected chi connectivity index (χ2v) is 6.68. The van der Waals surface area contributed by atoms with Crippen molar-refractivity contribution < 1.29 is 19.5 Å². The molecule has 0 spiro atoms. The Morgan fingerprint density at radius 1 is 1.36 bits per heavy atom. The first-order valence-electron chi connectivity index (χ1n) is 7.81. The van der Waals surface area contributed by atoms with Crippen LogP contribution in [0.15, 0.2) is 23.6 Å². The first-order chi connectivity index (χ1) is 12.0. The molecule has 3 rings (SSSR count). The van der Waals surface area contributed by atoms with Gasteiger partial charge in [0.1, 0.15) is 0 Å². The van der Waals surface area contributed by atoms with E-state index in [4.69, 9.17) is 5.11 Å². The molecule has 25 heavy (non-hydrogen) atoms. The number of nitrogens with zero attached hydrogens (tertiary/aromatic N) is 2. The number of carbonyl (C=O) groups is 3. The summed E-state index contributed by atoms with van der Waals surface area (Å²) < 4.78 is 0. The van der Waals surface area contributed by atoms with Crippen molar-refractivity contribution in [2.75, 3.05) is 18.5 Å². The van der Waals surface area contributed by atoms with Crippen LogP contribution >= 0.6 is 11.3 Å². The number of benzene rings is 1. The highest BCUT2D eigenvalue weighted by atomic mass is 32.1. The maximum absolute atomic E-state index is 12.3. The van der Waals surface area contributed by atoms with Crippen molar-refractivity contribution in [3.63, 3.8) is 0 Å². The largest absolute Gasteiger partial charge is 0.476 e. The standard InChI is InChI=1S/C17H17N3O4S/c1-20-13-4-2-11(8-10(13)3-5-15(20)21)16(22)18-7-6-14-19-12(9-25-14)17(23)24/h2,4,8-9H,3,5-7H2,1H3,(H,18,22)(H,23,24). The Bertz CT molecular complexity index is 846. The molecule has 8 heteroatoms. The summed E-state index contributed by atoms with van der Waals surface area (Å²) in [4.78, 5) is 40.4. The van der Waals surface area contributed by atoms with Crippen LogP contribution < -0.4 is 10.2 Å². The van der Waals surface area contributed by atoms with Gasteiger partial charge in [-0.15, -0.1) is 11.3 Å². The van der Waals surface area contributed by atoms with E-state index in [1.54, 1.807) is 24.1 Å². The van der Waals surface area contributed by atoms with E-state index in [0.717, 1.165) is 11.3 Å². The van der Waals surface area contributed by atoms with Gasteiger partial charge in [0.2, 0.25) is 5.91 Å². The van der Waals surface area contributed by atoms with E-state index in [9.17, 15) is 14.4 Å². The van der Waals surface area contributed by atoms with Crippen LogP contribution in [0.25, 0.3) is 0 Å². The van der Waals surface area contributed by atoms with Crippen LogP contribution in [0.3, 0.4) is 0 Å². The van der Waals surface area contributed by atoms with E-state index in [1.807, 2.05) is 6.07 Å². The predicted octanol–water partition coefficient (Wildman–Crippen LogP) is 1.72. The molecule has 2 heterocycles. The van der Waals surface area contributed by atoms with Crippen molar-refractivity contribution in [1.82, 2.24) is 10.3 Å². The third-order valence-corrected chi connectivity index (χ3v) is 4.99. The number of aryl methyl sites for hydroxylation is 1. The summed E-state index contributed by atoms with van der Waals surface area (Å²) in [5.41, 5.74) is 2.41. The van der Waals surface area contributed by atoms with Gasteiger partial charge in [0.25, 0.3) is 5.91 Å². The highest BCUT2D eigenvalue weighted by Crippen LogP contribution is 2.27. The molecular weight excluding hydrogens is 342 g/mol. The number of carboxylic acid groups (broad SMARTS) is 1. The van der Waals surface area contributed by atoms with Gasteiger partial charge in [-0.05, 0) is 30.2 Å². The molecule has 1 aliphatic rings. The third kappa shape index (κ3) is 3.69. The van der Waals surface area contributed by atoms with Crippen LogP contribution in [-0.4, -0.2) is 41.5 Å². The number of fused-ring (bicyclic) bond motifs is 1. The van der Waals surface area contributed by atoms with Crippen LogP contribution in [0.1, 0.15) is 37.8 Å². The van der Waals surface area contributed by atoms with E-state index in [0.29, 0.717) is 36.4 Å². The Labute approximate surface area is 148 Å². The molecule has 0 unspecified atom stereocenters. The molecule has 0 saturated heterocycles. The van der Waals surface area contributed by atoms with Gasteiger partial charge in [-0.2, -0.15) is 0 Å². The minimum Gasteiger partial charge on any atom is -0.476 e. The fourth-order valence-electron chi connectivity index (χ4n) is 2.71. The number of nitrogens with one attached hydrogen (secondary N) is 1. The number of aromatic carboxylic acids is 1. The lowest BCUT2D eigenvalue weighted by Crippen LogP contribution is -2.31. The monoisotopic (exact) mass is 359 g/mol. The summed E-state index contributed by atoms with van der Waals surface area (Å²) in [5.74, 6) is -1.17. The molecule has 1 aromatic carbocycles. The Hall–Kier alpha value is -2.74. The summed E-state index contributed by atoms with van der Waals surface area (Å²) in [6, 6.07) is 5.32. The topological polar surface area (TPSA) is 99.6 Å². The van der Waals surface area contributed by atoms with E-state index < -0.39 is 5.97 Å². The average Bonchev–Trinajstić information content (AvgIpc) is 3.07. The normalized spacial score (nSPS) is 13.5. The highest BCUT2D eigenvalue weighted by molar-refractivity contribution is 7.09. The number of rotatable bonds is 5. The number of anilines is 1. The zero-order valence-corrected chi connectivity index (χ0v) is 14.4. The van der Waals surface area contributed by atoms with Gasteiger partial charge < -0.3 is 15.3 Å². The van der Waals surface area contributed by atoms with Crippen molar-refractivity contribution in [1.29, 1.82) is 0 Å². The van der Waals surface area contributed by atoms with Gasteiger partial charge >= 0.3 is 5.97 Å². The van der Waals surface area contributed by atoms with E-state index in [1.165, 1.54) is 16.7 Å². The van der Waals surface area contributed by atoms with Crippen molar-refractivity contribution in [2.24, 2.45) is 0 Å². The molecule has 7 nitrogen and oxygen atoms in total. The second-order valence-electron chi connectivity index (χ2n) is 5.73. The predicted molar refractivity (Wildman–Crippen MR) is 93.3 cm³/mol. The minimum atomic E-state index is -1.05. The summed E-state index contributed by atoms with van der Waals surface area (Å²) >= 11 is 1.26. The number of carbonyl (C=O) groups excluding carboxylic acids is 2.